The van der Waals surface area contributed by atoms with Gasteiger partial charge in [-0.2, -0.15) is 8.42 Å². The van der Waals surface area contributed by atoms with E-state index in [9.17, 15) is 21.6 Å². The summed E-state index contributed by atoms with van der Waals surface area (Å²) in [5.74, 6) is -0.787. The largest absolute Gasteiger partial charge is 0.264 e. The zero-order valence-electron chi connectivity index (χ0n) is 9.15. The van der Waals surface area contributed by atoms with Gasteiger partial charge in [-0.05, 0) is 19.1 Å². The van der Waals surface area contributed by atoms with Crippen LogP contribution in [0.2, 0.25) is 0 Å². The summed E-state index contributed by atoms with van der Waals surface area (Å²) in [7, 11) is -3.78. The number of benzene rings is 1. The summed E-state index contributed by atoms with van der Waals surface area (Å²) in [4.78, 5) is 0. The number of alkyl halides is 2. The highest BCUT2D eigenvalue weighted by atomic mass is 32.2. The molecule has 1 aromatic rings. The van der Waals surface area contributed by atoms with Crippen LogP contribution < -0.4 is 0 Å². The molecule has 0 aliphatic rings. The molecule has 0 saturated heterocycles. The van der Waals surface area contributed by atoms with E-state index in [1.54, 1.807) is 0 Å². The number of halogens is 3. The highest BCUT2D eigenvalue weighted by Gasteiger charge is 2.19. The van der Waals surface area contributed by atoms with E-state index in [1.165, 1.54) is 6.92 Å². The zero-order chi connectivity index (χ0) is 13.2. The molecular formula is C10H11F3O3S. The first-order chi connectivity index (χ1) is 7.70. The first-order valence-electron chi connectivity index (χ1n) is 4.66. The molecule has 0 spiro atoms. The maximum absolute atomic E-state index is 13.3. The Morgan fingerprint density at radius 1 is 1.29 bits per heavy atom. The maximum Gasteiger partial charge on any atom is 0.264 e. The van der Waals surface area contributed by atoms with Crippen LogP contribution in [0.25, 0.3) is 0 Å². The summed E-state index contributed by atoms with van der Waals surface area (Å²) < 4.78 is 64.4. The van der Waals surface area contributed by atoms with Crippen LogP contribution in [-0.2, 0) is 14.3 Å². The zero-order valence-corrected chi connectivity index (χ0v) is 9.97. The van der Waals surface area contributed by atoms with Crippen LogP contribution >= 0.6 is 0 Å². The Hall–Kier alpha value is -1.08. The fourth-order valence-electron chi connectivity index (χ4n) is 1.32. The van der Waals surface area contributed by atoms with E-state index in [0.29, 0.717) is 0 Å². The van der Waals surface area contributed by atoms with E-state index < -0.39 is 28.5 Å². The molecule has 0 aromatic heterocycles. The average molecular weight is 268 g/mol. The van der Waals surface area contributed by atoms with Crippen molar-refractivity contribution in [1.29, 1.82) is 0 Å². The lowest BCUT2D eigenvalue weighted by Gasteiger charge is -2.13. The van der Waals surface area contributed by atoms with E-state index in [2.05, 4.69) is 4.18 Å². The third kappa shape index (κ3) is 4.01. The molecule has 0 fully saturated rings. The fraction of sp³-hybridized carbons (Fsp3) is 0.400. The van der Waals surface area contributed by atoms with Gasteiger partial charge in [-0.1, -0.05) is 6.07 Å². The molecule has 0 bridgehead atoms. The van der Waals surface area contributed by atoms with Crippen molar-refractivity contribution in [3.8, 4) is 0 Å². The van der Waals surface area contributed by atoms with Crippen LogP contribution in [0.4, 0.5) is 13.2 Å². The summed E-state index contributed by atoms with van der Waals surface area (Å²) >= 11 is 0. The van der Waals surface area contributed by atoms with Gasteiger partial charge in [0.25, 0.3) is 16.5 Å². The molecule has 0 aliphatic carbocycles. The van der Waals surface area contributed by atoms with E-state index in [1.807, 2.05) is 0 Å². The highest BCUT2D eigenvalue weighted by molar-refractivity contribution is 7.86. The van der Waals surface area contributed by atoms with Gasteiger partial charge in [0.15, 0.2) is 0 Å². The summed E-state index contributed by atoms with van der Waals surface area (Å²) in [6.45, 7) is 1.27. The van der Waals surface area contributed by atoms with Gasteiger partial charge in [-0.15, -0.1) is 0 Å². The quantitative estimate of drug-likeness (QED) is 0.789. The molecule has 1 rings (SSSR count). The molecule has 0 radical (unpaired) electrons. The van der Waals surface area contributed by atoms with Crippen molar-refractivity contribution >= 4 is 10.1 Å². The molecule has 1 aromatic carbocycles. The molecule has 0 saturated carbocycles. The maximum atomic E-state index is 13.3. The van der Waals surface area contributed by atoms with E-state index >= 15 is 0 Å². The van der Waals surface area contributed by atoms with Crippen molar-refractivity contribution in [3.63, 3.8) is 0 Å². The van der Waals surface area contributed by atoms with Gasteiger partial charge in [-0.3, -0.25) is 4.18 Å². The molecule has 0 aliphatic heterocycles. The first-order valence-corrected chi connectivity index (χ1v) is 6.48. The van der Waals surface area contributed by atoms with Crippen LogP contribution in [0, 0.1) is 5.82 Å². The third-order valence-electron chi connectivity index (χ3n) is 2.03. The summed E-state index contributed by atoms with van der Waals surface area (Å²) in [6, 6.07) is 2.70. The monoisotopic (exact) mass is 268 g/mol. The fourth-order valence-corrected chi connectivity index (χ4v) is 1.95. The lowest BCUT2D eigenvalue weighted by Crippen LogP contribution is -2.09. The Kier molecular flexibility index (Phi) is 4.16. The van der Waals surface area contributed by atoms with E-state index in [0.717, 1.165) is 24.5 Å². The van der Waals surface area contributed by atoms with Gasteiger partial charge in [0, 0.05) is 11.1 Å². The molecule has 7 heteroatoms. The van der Waals surface area contributed by atoms with Crippen LogP contribution in [0.3, 0.4) is 0 Å². The summed E-state index contributed by atoms with van der Waals surface area (Å²) in [5, 5.41) is 0. The van der Waals surface area contributed by atoms with Crippen LogP contribution in [-0.4, -0.2) is 14.7 Å². The number of hydrogen-bond donors (Lipinski definition) is 0. The molecule has 0 unspecified atom stereocenters. The van der Waals surface area contributed by atoms with Crippen LogP contribution in [0.5, 0.6) is 0 Å². The molecule has 17 heavy (non-hydrogen) atoms. The second-order valence-corrected chi connectivity index (χ2v) is 5.12. The molecule has 3 nitrogen and oxygen atoms in total. The van der Waals surface area contributed by atoms with Crippen molar-refractivity contribution in [1.82, 2.24) is 0 Å². The standard InChI is InChI=1S/C10H11F3O3S/c1-6(16-17(2,14)15)8-5-7(10(12)13)3-4-9(8)11/h3-6,10H,1-2H3/t6-/m1/s1. The Morgan fingerprint density at radius 2 is 1.88 bits per heavy atom. The Labute approximate surface area is 97.3 Å². The lowest BCUT2D eigenvalue weighted by atomic mass is 10.1. The van der Waals surface area contributed by atoms with Gasteiger partial charge in [0.05, 0.1) is 6.26 Å². The van der Waals surface area contributed by atoms with Gasteiger partial charge >= 0.3 is 0 Å². The first kappa shape index (κ1) is 14.0. The van der Waals surface area contributed by atoms with Crippen molar-refractivity contribution in [3.05, 3.63) is 35.1 Å². The molecule has 0 heterocycles. The van der Waals surface area contributed by atoms with Crippen LogP contribution in [0.15, 0.2) is 18.2 Å². The minimum absolute atomic E-state index is 0.215. The Balaban J connectivity index is 3.08. The summed E-state index contributed by atoms with van der Waals surface area (Å²) in [5.41, 5.74) is -0.599. The minimum atomic E-state index is -3.78. The Morgan fingerprint density at radius 3 is 2.35 bits per heavy atom. The third-order valence-corrected chi connectivity index (χ3v) is 2.67. The van der Waals surface area contributed by atoms with Crippen molar-refractivity contribution in [2.75, 3.05) is 6.26 Å². The van der Waals surface area contributed by atoms with Gasteiger partial charge < -0.3 is 0 Å². The smallest absolute Gasteiger partial charge is 0.262 e. The predicted molar refractivity (Wildman–Crippen MR) is 55.7 cm³/mol. The molecule has 0 N–H and O–H groups in total. The minimum Gasteiger partial charge on any atom is -0.262 e. The second kappa shape index (κ2) is 5.05. The van der Waals surface area contributed by atoms with Gasteiger partial charge in [0.1, 0.15) is 11.9 Å². The highest BCUT2D eigenvalue weighted by Crippen LogP contribution is 2.27. The second-order valence-electron chi connectivity index (χ2n) is 3.52. The van der Waals surface area contributed by atoms with Gasteiger partial charge in [-0.25, -0.2) is 13.2 Å². The van der Waals surface area contributed by atoms with Crippen molar-refractivity contribution < 1.29 is 25.8 Å². The van der Waals surface area contributed by atoms with Crippen LogP contribution in [0.1, 0.15) is 30.6 Å². The number of rotatable bonds is 4. The molecular weight excluding hydrogens is 257 g/mol. The van der Waals surface area contributed by atoms with Crippen molar-refractivity contribution in [2.45, 2.75) is 19.5 Å². The summed E-state index contributed by atoms with van der Waals surface area (Å²) in [6.07, 6.45) is -3.10. The molecule has 0 amide bonds. The lowest BCUT2D eigenvalue weighted by molar-refractivity contribution is 0.150. The topological polar surface area (TPSA) is 43.4 Å². The molecule has 1 atom stereocenters. The van der Waals surface area contributed by atoms with Gasteiger partial charge in [0.2, 0.25) is 0 Å². The SMILES string of the molecule is C[C@@H](OS(C)(=O)=O)c1cc(C(F)F)ccc1F. The normalized spacial score (nSPS) is 14.0. The average Bonchev–Trinajstić information content (AvgIpc) is 2.14. The molecule has 96 valence electrons. The number of hydrogen-bond acceptors (Lipinski definition) is 3. The van der Waals surface area contributed by atoms with E-state index in [4.69, 9.17) is 0 Å². The van der Waals surface area contributed by atoms with E-state index in [-0.39, 0.29) is 11.1 Å². The Bertz CT molecular complexity index is 500. The van der Waals surface area contributed by atoms with Crippen molar-refractivity contribution in [2.24, 2.45) is 0 Å². The predicted octanol–water partition coefficient (Wildman–Crippen LogP) is 2.80.